The van der Waals surface area contributed by atoms with E-state index in [0.717, 1.165) is 48.0 Å². The van der Waals surface area contributed by atoms with Crippen molar-refractivity contribution >= 4 is 38.4 Å². The van der Waals surface area contributed by atoms with Crippen molar-refractivity contribution in [2.24, 2.45) is 0 Å². The molecule has 2 aromatic heterocycles. The van der Waals surface area contributed by atoms with E-state index < -0.39 is 0 Å². The molecule has 4 nitrogen and oxygen atoms in total. The Morgan fingerprint density at radius 1 is 1.10 bits per heavy atom. The van der Waals surface area contributed by atoms with Crippen molar-refractivity contribution in [1.82, 2.24) is 9.88 Å². The molecule has 1 aliphatic heterocycles. The fraction of sp³-hybridized carbons (Fsp3) is 0.333. The number of likely N-dealkylation sites (tertiary alicyclic amines) is 1. The molecule has 0 spiro atoms. The van der Waals surface area contributed by atoms with Gasteiger partial charge in [-0.2, -0.15) is 0 Å². The molecule has 1 fully saturated rings. The zero-order valence-electron chi connectivity index (χ0n) is 17.0. The van der Waals surface area contributed by atoms with Gasteiger partial charge in [-0.15, -0.1) is 11.3 Å². The van der Waals surface area contributed by atoms with Gasteiger partial charge in [0.05, 0.1) is 15.2 Å². The van der Waals surface area contributed by atoms with Crippen molar-refractivity contribution in [3.05, 3.63) is 63.9 Å². The van der Waals surface area contributed by atoms with Gasteiger partial charge < -0.3 is 9.32 Å². The molecule has 0 radical (unpaired) electrons. The molecule has 0 N–H and O–H groups in total. The number of nitrogens with zero attached hydrogens (tertiary/aromatic N) is 2. The largest absolute Gasteiger partial charge is 0.451 e. The molecule has 3 heterocycles. The first-order chi connectivity index (χ1) is 14.0. The third kappa shape index (κ3) is 3.14. The molecule has 148 valence electrons. The van der Waals surface area contributed by atoms with Crippen molar-refractivity contribution in [3.8, 4) is 0 Å². The fourth-order valence-corrected chi connectivity index (χ4v) is 5.35. The van der Waals surface area contributed by atoms with E-state index in [4.69, 9.17) is 9.40 Å². The van der Waals surface area contributed by atoms with Gasteiger partial charge >= 0.3 is 0 Å². The highest BCUT2D eigenvalue weighted by Crippen LogP contribution is 2.35. The Balaban J connectivity index is 1.34. The molecule has 0 unspecified atom stereocenters. The Labute approximate surface area is 174 Å². The lowest BCUT2D eigenvalue weighted by Crippen LogP contribution is -2.38. The second-order valence-electron chi connectivity index (χ2n) is 8.08. The number of hydrogen-bond acceptors (Lipinski definition) is 4. The van der Waals surface area contributed by atoms with Gasteiger partial charge in [0.2, 0.25) is 0 Å². The summed E-state index contributed by atoms with van der Waals surface area (Å²) >= 11 is 1.78. The summed E-state index contributed by atoms with van der Waals surface area (Å²) in [6, 6.07) is 12.5. The first-order valence-electron chi connectivity index (χ1n) is 10.2. The van der Waals surface area contributed by atoms with Crippen LogP contribution in [0.25, 0.3) is 21.2 Å². The minimum atomic E-state index is 0.0109. The predicted molar refractivity (Wildman–Crippen MR) is 118 cm³/mol. The van der Waals surface area contributed by atoms with Crippen molar-refractivity contribution < 1.29 is 9.21 Å². The van der Waals surface area contributed by atoms with E-state index in [-0.39, 0.29) is 5.91 Å². The number of fused-ring (bicyclic) bond motifs is 2. The average Bonchev–Trinajstić information content (AvgIpc) is 3.30. The van der Waals surface area contributed by atoms with Crippen molar-refractivity contribution in [2.45, 2.75) is 39.5 Å². The molecular formula is C24H24N2O2S. The minimum Gasteiger partial charge on any atom is -0.451 e. The van der Waals surface area contributed by atoms with Crippen LogP contribution >= 0.6 is 11.3 Å². The Morgan fingerprint density at radius 2 is 1.83 bits per heavy atom. The number of benzene rings is 2. The molecule has 2 aromatic carbocycles. The fourth-order valence-electron chi connectivity index (χ4n) is 4.22. The SMILES string of the molecule is Cc1cc2oc(C(=O)N3CCC(c4nc5ccccc5s4)CC3)c(C)c2cc1C. The highest BCUT2D eigenvalue weighted by atomic mass is 32.1. The summed E-state index contributed by atoms with van der Waals surface area (Å²) in [5, 5.41) is 2.24. The monoisotopic (exact) mass is 404 g/mol. The summed E-state index contributed by atoms with van der Waals surface area (Å²) in [5.41, 5.74) is 5.23. The summed E-state index contributed by atoms with van der Waals surface area (Å²) in [7, 11) is 0. The van der Waals surface area contributed by atoms with Crippen LogP contribution < -0.4 is 0 Å². The molecule has 0 saturated carbocycles. The molecule has 1 aliphatic rings. The lowest BCUT2D eigenvalue weighted by molar-refractivity contribution is 0.0682. The van der Waals surface area contributed by atoms with Gasteiger partial charge in [-0.05, 0) is 69.0 Å². The molecule has 5 rings (SSSR count). The van der Waals surface area contributed by atoms with Gasteiger partial charge in [-0.1, -0.05) is 12.1 Å². The molecule has 1 saturated heterocycles. The number of hydrogen-bond donors (Lipinski definition) is 0. The van der Waals surface area contributed by atoms with Crippen LogP contribution in [0.15, 0.2) is 40.8 Å². The second kappa shape index (κ2) is 6.99. The molecule has 0 atom stereocenters. The summed E-state index contributed by atoms with van der Waals surface area (Å²) in [5.74, 6) is 0.929. The third-order valence-electron chi connectivity index (χ3n) is 6.19. The maximum Gasteiger partial charge on any atom is 0.289 e. The van der Waals surface area contributed by atoms with E-state index in [9.17, 15) is 4.79 Å². The van der Waals surface area contributed by atoms with Crippen LogP contribution in [0.3, 0.4) is 0 Å². The van der Waals surface area contributed by atoms with E-state index in [1.165, 1.54) is 20.8 Å². The zero-order chi connectivity index (χ0) is 20.1. The normalized spacial score (nSPS) is 15.5. The van der Waals surface area contributed by atoms with Crippen molar-refractivity contribution in [2.75, 3.05) is 13.1 Å². The lowest BCUT2D eigenvalue weighted by atomic mass is 9.97. The van der Waals surface area contributed by atoms with E-state index >= 15 is 0 Å². The number of rotatable bonds is 2. The number of aryl methyl sites for hydroxylation is 3. The van der Waals surface area contributed by atoms with E-state index in [1.807, 2.05) is 24.0 Å². The van der Waals surface area contributed by atoms with Crippen LogP contribution in [0.5, 0.6) is 0 Å². The van der Waals surface area contributed by atoms with Crippen LogP contribution in [0.4, 0.5) is 0 Å². The van der Waals surface area contributed by atoms with E-state index in [0.29, 0.717) is 11.7 Å². The molecule has 29 heavy (non-hydrogen) atoms. The number of thiazole rings is 1. The second-order valence-corrected chi connectivity index (χ2v) is 9.14. The molecular weight excluding hydrogens is 380 g/mol. The van der Waals surface area contributed by atoms with Crippen LogP contribution in [-0.2, 0) is 0 Å². The van der Waals surface area contributed by atoms with Gasteiger partial charge in [0.1, 0.15) is 5.58 Å². The number of aromatic nitrogens is 1. The Bertz CT molecular complexity index is 1200. The Hall–Kier alpha value is -2.66. The zero-order valence-corrected chi connectivity index (χ0v) is 17.8. The molecule has 0 aliphatic carbocycles. The summed E-state index contributed by atoms with van der Waals surface area (Å²) in [6.07, 6.45) is 1.89. The van der Waals surface area contributed by atoms with Gasteiger partial charge in [-0.3, -0.25) is 4.79 Å². The van der Waals surface area contributed by atoms with E-state index in [1.54, 1.807) is 11.3 Å². The summed E-state index contributed by atoms with van der Waals surface area (Å²) in [4.78, 5) is 19.9. The van der Waals surface area contributed by atoms with Gasteiger partial charge in [0.25, 0.3) is 5.91 Å². The maximum absolute atomic E-state index is 13.2. The van der Waals surface area contributed by atoms with E-state index in [2.05, 4.69) is 38.1 Å². The third-order valence-corrected chi connectivity index (χ3v) is 7.39. The maximum atomic E-state index is 13.2. The average molecular weight is 405 g/mol. The topological polar surface area (TPSA) is 46.3 Å². The van der Waals surface area contributed by atoms with Gasteiger partial charge in [-0.25, -0.2) is 4.98 Å². The number of furan rings is 1. The van der Waals surface area contributed by atoms with Gasteiger partial charge in [0.15, 0.2) is 5.76 Å². The van der Waals surface area contributed by atoms with Crippen LogP contribution in [0.2, 0.25) is 0 Å². The first-order valence-corrected chi connectivity index (χ1v) is 11.0. The molecule has 1 amide bonds. The number of amides is 1. The predicted octanol–water partition coefficient (Wildman–Crippen LogP) is 5.99. The van der Waals surface area contributed by atoms with Crippen LogP contribution in [-0.4, -0.2) is 28.9 Å². The molecule has 0 bridgehead atoms. The number of piperidine rings is 1. The number of carbonyl (C=O) groups excluding carboxylic acids is 1. The lowest BCUT2D eigenvalue weighted by Gasteiger charge is -2.30. The Morgan fingerprint density at radius 3 is 2.59 bits per heavy atom. The van der Waals surface area contributed by atoms with Crippen LogP contribution in [0, 0.1) is 20.8 Å². The molecule has 5 heteroatoms. The van der Waals surface area contributed by atoms with Crippen LogP contribution in [0.1, 0.15) is 51.0 Å². The van der Waals surface area contributed by atoms with Crippen molar-refractivity contribution in [3.63, 3.8) is 0 Å². The van der Waals surface area contributed by atoms with Gasteiger partial charge in [0, 0.05) is 30.0 Å². The minimum absolute atomic E-state index is 0.0109. The summed E-state index contributed by atoms with van der Waals surface area (Å²) < 4.78 is 7.24. The standard InChI is InChI=1S/C24H24N2O2S/c1-14-12-18-16(3)22(28-20(18)13-15(14)2)24(27)26-10-8-17(9-11-26)23-25-19-6-4-5-7-21(19)29-23/h4-7,12-13,17H,8-11H2,1-3H3. The smallest absolute Gasteiger partial charge is 0.289 e. The number of para-hydroxylation sites is 1. The quantitative estimate of drug-likeness (QED) is 0.412. The summed E-state index contributed by atoms with van der Waals surface area (Å²) in [6.45, 7) is 7.64. The number of carbonyl (C=O) groups is 1. The highest BCUT2D eigenvalue weighted by Gasteiger charge is 2.29. The van der Waals surface area contributed by atoms with Crippen molar-refractivity contribution in [1.29, 1.82) is 0 Å². The highest BCUT2D eigenvalue weighted by molar-refractivity contribution is 7.18. The Kier molecular flexibility index (Phi) is 4.43. The first kappa shape index (κ1) is 18.4. The molecule has 4 aromatic rings.